The lowest BCUT2D eigenvalue weighted by molar-refractivity contribution is -0.00000433. The van der Waals surface area contributed by atoms with Crippen molar-refractivity contribution in [1.82, 2.24) is 15.0 Å². The zero-order chi connectivity index (χ0) is 14.1. The van der Waals surface area contributed by atoms with Gasteiger partial charge in [0.1, 0.15) is 5.82 Å². The first-order valence-electron chi connectivity index (χ1n) is 6.21. The molecule has 1 N–H and O–H groups in total. The summed E-state index contributed by atoms with van der Waals surface area (Å²) in [6.07, 6.45) is 1.79. The molecule has 0 bridgehead atoms. The predicted molar refractivity (Wildman–Crippen MR) is 85.0 cm³/mol. The van der Waals surface area contributed by atoms with Crippen LogP contribution in [0.15, 0.2) is 23.7 Å². The SMILES string of the molecule is Cc1ccnc(Nc2nc(-c3sc(C)nc3C)cs2)c1.[Br-]. The first-order chi connectivity index (χ1) is 9.61. The molecule has 0 saturated carbocycles. The number of nitrogens with zero attached hydrogens (tertiary/aromatic N) is 3. The number of pyridine rings is 1. The normalized spacial score (nSPS) is 10.2. The number of aromatic nitrogens is 3. The highest BCUT2D eigenvalue weighted by atomic mass is 79.9. The smallest absolute Gasteiger partial charge is 0.188 e. The molecule has 0 atom stereocenters. The van der Waals surface area contributed by atoms with Gasteiger partial charge in [0.05, 0.1) is 21.3 Å². The first kappa shape index (κ1) is 16.1. The van der Waals surface area contributed by atoms with E-state index in [1.165, 1.54) is 5.56 Å². The molecule has 0 aliphatic carbocycles. The van der Waals surface area contributed by atoms with E-state index >= 15 is 0 Å². The number of hydrogen-bond donors (Lipinski definition) is 1. The van der Waals surface area contributed by atoms with Gasteiger partial charge in [0.15, 0.2) is 5.13 Å². The van der Waals surface area contributed by atoms with Gasteiger partial charge >= 0.3 is 0 Å². The van der Waals surface area contributed by atoms with Crippen LogP contribution in [-0.2, 0) is 0 Å². The Hall–Kier alpha value is -1.31. The van der Waals surface area contributed by atoms with Crippen molar-refractivity contribution in [3.8, 4) is 10.6 Å². The minimum atomic E-state index is 0. The van der Waals surface area contributed by atoms with Crippen LogP contribution in [0.2, 0.25) is 0 Å². The molecule has 0 radical (unpaired) electrons. The Morgan fingerprint density at radius 1 is 1.14 bits per heavy atom. The lowest BCUT2D eigenvalue weighted by Crippen LogP contribution is -3.00. The summed E-state index contributed by atoms with van der Waals surface area (Å²) in [6, 6.07) is 3.98. The van der Waals surface area contributed by atoms with Crippen LogP contribution in [0.5, 0.6) is 0 Å². The average molecular weight is 382 g/mol. The fourth-order valence-electron chi connectivity index (χ4n) is 1.92. The average Bonchev–Trinajstić information content (AvgIpc) is 2.96. The molecule has 3 aromatic heterocycles. The van der Waals surface area contributed by atoms with Gasteiger partial charge in [-0.2, -0.15) is 0 Å². The number of halogens is 1. The summed E-state index contributed by atoms with van der Waals surface area (Å²) < 4.78 is 0. The van der Waals surface area contributed by atoms with Crippen molar-refractivity contribution in [2.24, 2.45) is 0 Å². The summed E-state index contributed by atoms with van der Waals surface area (Å²) in [7, 11) is 0. The van der Waals surface area contributed by atoms with Gasteiger partial charge in [-0.15, -0.1) is 22.7 Å². The Morgan fingerprint density at radius 3 is 2.62 bits per heavy atom. The Bertz CT molecular complexity index is 751. The molecule has 4 nitrogen and oxygen atoms in total. The van der Waals surface area contributed by atoms with E-state index in [0.717, 1.165) is 32.2 Å². The minimum absolute atomic E-state index is 0. The van der Waals surface area contributed by atoms with E-state index in [1.54, 1.807) is 28.9 Å². The molecule has 3 heterocycles. The molecule has 0 spiro atoms. The fraction of sp³-hybridized carbons (Fsp3) is 0.214. The minimum Gasteiger partial charge on any atom is -1.00 e. The number of anilines is 2. The largest absolute Gasteiger partial charge is 1.00 e. The second kappa shape index (κ2) is 6.64. The number of aryl methyl sites for hydroxylation is 3. The van der Waals surface area contributed by atoms with Gasteiger partial charge in [0.2, 0.25) is 0 Å². The molecule has 0 amide bonds. The summed E-state index contributed by atoms with van der Waals surface area (Å²) >= 11 is 3.26. The molecule has 0 aromatic carbocycles. The van der Waals surface area contributed by atoms with Crippen molar-refractivity contribution in [3.63, 3.8) is 0 Å². The van der Waals surface area contributed by atoms with Crippen LogP contribution in [0.1, 0.15) is 16.3 Å². The molecule has 3 rings (SSSR count). The molecule has 0 aliphatic rings. The zero-order valence-electron chi connectivity index (χ0n) is 11.8. The van der Waals surface area contributed by atoms with Crippen molar-refractivity contribution in [1.29, 1.82) is 0 Å². The Kier molecular flexibility index (Phi) is 5.08. The maximum Gasteiger partial charge on any atom is 0.188 e. The third kappa shape index (κ3) is 3.66. The van der Waals surface area contributed by atoms with Gasteiger partial charge in [-0.25, -0.2) is 15.0 Å². The first-order valence-corrected chi connectivity index (χ1v) is 7.91. The predicted octanol–water partition coefficient (Wildman–Crippen LogP) is 1.33. The highest BCUT2D eigenvalue weighted by molar-refractivity contribution is 7.16. The molecule has 21 heavy (non-hydrogen) atoms. The molecule has 0 fully saturated rings. The van der Waals surface area contributed by atoms with Crippen LogP contribution >= 0.6 is 22.7 Å². The van der Waals surface area contributed by atoms with Gasteiger partial charge < -0.3 is 22.3 Å². The van der Waals surface area contributed by atoms with Crippen LogP contribution in [0.4, 0.5) is 10.9 Å². The summed E-state index contributed by atoms with van der Waals surface area (Å²) in [5.74, 6) is 0.822. The molecule has 0 aliphatic heterocycles. The molecular formula is C14H14BrN4S2-. The second-order valence-corrected chi connectivity index (χ2v) is 6.59. The molecule has 0 unspecified atom stereocenters. The van der Waals surface area contributed by atoms with Crippen LogP contribution in [-0.4, -0.2) is 15.0 Å². The monoisotopic (exact) mass is 381 g/mol. The van der Waals surface area contributed by atoms with E-state index in [1.807, 2.05) is 32.9 Å². The van der Waals surface area contributed by atoms with E-state index in [4.69, 9.17) is 0 Å². The molecule has 110 valence electrons. The van der Waals surface area contributed by atoms with Gasteiger partial charge in [0.25, 0.3) is 0 Å². The lowest BCUT2D eigenvalue weighted by Gasteiger charge is -2.01. The zero-order valence-corrected chi connectivity index (χ0v) is 15.1. The van der Waals surface area contributed by atoms with Gasteiger partial charge in [0, 0.05) is 11.6 Å². The summed E-state index contributed by atoms with van der Waals surface area (Å²) in [6.45, 7) is 6.08. The van der Waals surface area contributed by atoms with E-state index in [9.17, 15) is 0 Å². The van der Waals surface area contributed by atoms with Crippen molar-refractivity contribution in [2.45, 2.75) is 20.8 Å². The number of rotatable bonds is 3. The van der Waals surface area contributed by atoms with E-state index in [-0.39, 0.29) is 17.0 Å². The van der Waals surface area contributed by atoms with Crippen LogP contribution in [0.3, 0.4) is 0 Å². The Balaban J connectivity index is 0.00000161. The summed E-state index contributed by atoms with van der Waals surface area (Å²) in [5.41, 5.74) is 3.19. The van der Waals surface area contributed by atoms with Crippen LogP contribution in [0, 0.1) is 20.8 Å². The van der Waals surface area contributed by atoms with Crippen LogP contribution in [0.25, 0.3) is 10.6 Å². The maximum atomic E-state index is 4.62. The van der Waals surface area contributed by atoms with E-state index < -0.39 is 0 Å². The highest BCUT2D eigenvalue weighted by Crippen LogP contribution is 2.32. The van der Waals surface area contributed by atoms with Crippen molar-refractivity contribution in [3.05, 3.63) is 40.0 Å². The molecule has 3 aromatic rings. The number of hydrogen-bond acceptors (Lipinski definition) is 6. The quantitative estimate of drug-likeness (QED) is 0.743. The Morgan fingerprint density at radius 2 is 1.95 bits per heavy atom. The van der Waals surface area contributed by atoms with Crippen molar-refractivity contribution in [2.75, 3.05) is 5.32 Å². The van der Waals surface area contributed by atoms with Gasteiger partial charge in [-0.1, -0.05) is 0 Å². The van der Waals surface area contributed by atoms with Crippen LogP contribution < -0.4 is 22.3 Å². The fourth-order valence-corrected chi connectivity index (χ4v) is 3.58. The standard InChI is InChI=1S/C14H14N4S2.BrH/c1-8-4-5-15-12(6-8)18-14-17-11(7-19-14)13-9(2)16-10(3)20-13;/h4-7H,1-3H3,(H,15,17,18);1H/p-1. The van der Waals surface area contributed by atoms with Gasteiger partial charge in [-0.05, 0) is 38.5 Å². The molecule has 7 heteroatoms. The lowest BCUT2D eigenvalue weighted by atomic mass is 10.3. The second-order valence-electron chi connectivity index (χ2n) is 4.53. The van der Waals surface area contributed by atoms with Crippen molar-refractivity contribution < 1.29 is 17.0 Å². The summed E-state index contributed by atoms with van der Waals surface area (Å²) in [4.78, 5) is 14.5. The van der Waals surface area contributed by atoms with Gasteiger partial charge in [-0.3, -0.25) is 0 Å². The van der Waals surface area contributed by atoms with E-state index in [2.05, 4.69) is 25.6 Å². The van der Waals surface area contributed by atoms with Crippen molar-refractivity contribution >= 4 is 33.6 Å². The number of nitrogens with one attached hydrogen (secondary N) is 1. The maximum absolute atomic E-state index is 4.62. The third-order valence-corrected chi connectivity index (χ3v) is 4.64. The molecular weight excluding hydrogens is 368 g/mol. The third-order valence-electron chi connectivity index (χ3n) is 2.79. The Labute approximate surface area is 142 Å². The highest BCUT2D eigenvalue weighted by Gasteiger charge is 2.11. The topological polar surface area (TPSA) is 50.7 Å². The summed E-state index contributed by atoms with van der Waals surface area (Å²) in [5, 5.41) is 7.22. The molecule has 0 saturated heterocycles. The number of thiazole rings is 2. The van der Waals surface area contributed by atoms with E-state index in [0.29, 0.717) is 0 Å².